The maximum atomic E-state index is 13.3. The van der Waals surface area contributed by atoms with E-state index in [4.69, 9.17) is 9.88 Å². The lowest BCUT2D eigenvalue weighted by atomic mass is 10.2. The maximum Gasteiger partial charge on any atom is 0.434 e. The molecule has 30 heavy (non-hydrogen) atoms. The second kappa shape index (κ2) is 8.11. The summed E-state index contributed by atoms with van der Waals surface area (Å²) in [6, 6.07) is 12.3. The van der Waals surface area contributed by atoms with Gasteiger partial charge in [0.15, 0.2) is 5.69 Å². The van der Waals surface area contributed by atoms with Crippen LogP contribution >= 0.6 is 0 Å². The summed E-state index contributed by atoms with van der Waals surface area (Å²) in [4.78, 5) is 3.60. The first kappa shape index (κ1) is 21.8. The zero-order chi connectivity index (χ0) is 22.1. The normalized spacial score (nSPS) is 12.4. The molecule has 0 aliphatic heterocycles. The lowest BCUT2D eigenvalue weighted by molar-refractivity contribution is -0.140. The van der Waals surface area contributed by atoms with Gasteiger partial charge in [0.05, 0.1) is 11.0 Å². The molecular weight excluding hydrogens is 419 g/mol. The average molecular weight is 439 g/mol. The number of hydrogen-bond acceptors (Lipinski definition) is 4. The molecule has 2 N–H and O–H groups in total. The molecule has 0 atom stereocenters. The predicted octanol–water partition coefficient (Wildman–Crippen LogP) is 4.05. The predicted molar refractivity (Wildman–Crippen MR) is 105 cm³/mol. The van der Waals surface area contributed by atoms with Crippen LogP contribution in [0.1, 0.15) is 25.1 Å². The van der Waals surface area contributed by atoms with Crippen LogP contribution in [0.3, 0.4) is 0 Å². The minimum absolute atomic E-state index is 0.0433. The van der Waals surface area contributed by atoms with Crippen LogP contribution in [0.2, 0.25) is 0 Å². The number of aromatic nitrogens is 2. The van der Waals surface area contributed by atoms with Gasteiger partial charge in [0.1, 0.15) is 11.6 Å². The van der Waals surface area contributed by atoms with Crippen molar-refractivity contribution in [1.29, 1.82) is 0 Å². The smallest absolute Gasteiger partial charge is 0.434 e. The molecule has 10 heteroatoms. The minimum Gasteiger partial charge on any atom is -0.491 e. The van der Waals surface area contributed by atoms with Crippen LogP contribution < -0.4 is 9.88 Å². The monoisotopic (exact) mass is 439 g/mol. The molecule has 160 valence electrons. The summed E-state index contributed by atoms with van der Waals surface area (Å²) in [6.07, 6.45) is -3.74. The van der Waals surface area contributed by atoms with Crippen LogP contribution in [0.15, 0.2) is 59.6 Å². The van der Waals surface area contributed by atoms with Crippen LogP contribution in [-0.4, -0.2) is 24.1 Å². The number of nitrogens with zero attached hydrogens (tertiary/aromatic N) is 2. The molecule has 1 aromatic heterocycles. The topological polar surface area (TPSA) is 87.2 Å². The highest BCUT2D eigenvalue weighted by Gasteiger charge is 2.35. The third-order valence-corrected chi connectivity index (χ3v) is 5.06. The Kier molecular flexibility index (Phi) is 5.91. The van der Waals surface area contributed by atoms with Crippen molar-refractivity contribution in [2.24, 2.45) is 5.14 Å². The third kappa shape index (κ3) is 5.19. The lowest BCUT2D eigenvalue weighted by Gasteiger charge is -2.12. The van der Waals surface area contributed by atoms with E-state index >= 15 is 0 Å². The fourth-order valence-corrected chi connectivity index (χ4v) is 3.40. The van der Waals surface area contributed by atoms with Crippen molar-refractivity contribution in [3.05, 3.63) is 66.0 Å². The van der Waals surface area contributed by atoms with E-state index in [2.05, 4.69) is 4.98 Å². The molecule has 0 fully saturated rings. The Morgan fingerprint density at radius 1 is 1.13 bits per heavy atom. The van der Waals surface area contributed by atoms with E-state index in [-0.39, 0.29) is 23.4 Å². The van der Waals surface area contributed by atoms with E-state index in [0.717, 1.165) is 11.8 Å². The van der Waals surface area contributed by atoms with Gasteiger partial charge < -0.3 is 9.30 Å². The Morgan fingerprint density at radius 3 is 2.37 bits per heavy atom. The number of alkyl halides is 3. The van der Waals surface area contributed by atoms with E-state index in [1.165, 1.54) is 28.8 Å². The van der Waals surface area contributed by atoms with E-state index in [0.29, 0.717) is 11.3 Å². The Bertz CT molecular complexity index is 1140. The average Bonchev–Trinajstić information content (AvgIpc) is 3.05. The van der Waals surface area contributed by atoms with Gasteiger partial charge in [-0.25, -0.2) is 18.5 Å². The number of primary sulfonamides is 1. The highest BCUT2D eigenvalue weighted by atomic mass is 32.2. The molecule has 0 unspecified atom stereocenters. The van der Waals surface area contributed by atoms with E-state index in [1.807, 2.05) is 13.8 Å². The SMILES string of the molecule is CC(C)Oc1cccc(Cn2cc(C(F)(F)F)nc2-c2ccc(S(N)(=O)=O)cc2)c1. The number of benzene rings is 2. The van der Waals surface area contributed by atoms with Crippen molar-refractivity contribution in [3.63, 3.8) is 0 Å². The Morgan fingerprint density at radius 2 is 1.80 bits per heavy atom. The molecule has 0 saturated carbocycles. The quantitative estimate of drug-likeness (QED) is 0.628. The molecule has 0 aliphatic rings. The number of ether oxygens (including phenoxy) is 1. The zero-order valence-corrected chi connectivity index (χ0v) is 17.0. The molecule has 1 heterocycles. The summed E-state index contributed by atoms with van der Waals surface area (Å²) < 4.78 is 69.7. The molecule has 0 radical (unpaired) electrons. The van der Waals surface area contributed by atoms with Gasteiger partial charge in [-0.1, -0.05) is 12.1 Å². The molecule has 0 bridgehead atoms. The van der Waals surface area contributed by atoms with Gasteiger partial charge in [0.2, 0.25) is 10.0 Å². The van der Waals surface area contributed by atoms with E-state index < -0.39 is 21.9 Å². The third-order valence-electron chi connectivity index (χ3n) is 4.13. The van der Waals surface area contributed by atoms with Gasteiger partial charge >= 0.3 is 6.18 Å². The fourth-order valence-electron chi connectivity index (χ4n) is 2.88. The van der Waals surface area contributed by atoms with Gasteiger partial charge in [0, 0.05) is 18.3 Å². The van der Waals surface area contributed by atoms with Crippen LogP contribution in [0.5, 0.6) is 5.75 Å². The number of imidazole rings is 1. The summed E-state index contributed by atoms with van der Waals surface area (Å²) in [6.45, 7) is 3.87. The molecule has 2 aromatic carbocycles. The number of hydrogen-bond donors (Lipinski definition) is 1. The second-order valence-corrected chi connectivity index (χ2v) is 8.52. The fraction of sp³-hybridized carbons (Fsp3) is 0.250. The van der Waals surface area contributed by atoms with Gasteiger partial charge in [-0.15, -0.1) is 0 Å². The first-order valence-electron chi connectivity index (χ1n) is 8.96. The Hall–Kier alpha value is -2.85. The van der Waals surface area contributed by atoms with Crippen molar-refractivity contribution in [3.8, 4) is 17.1 Å². The van der Waals surface area contributed by atoms with Crippen LogP contribution in [0, 0.1) is 0 Å². The highest BCUT2D eigenvalue weighted by Crippen LogP contribution is 2.32. The molecule has 0 aliphatic carbocycles. The largest absolute Gasteiger partial charge is 0.491 e. The number of rotatable bonds is 6. The summed E-state index contributed by atoms with van der Waals surface area (Å²) >= 11 is 0. The van der Waals surface area contributed by atoms with Gasteiger partial charge in [-0.05, 0) is 55.8 Å². The Labute approximate surface area is 172 Å². The van der Waals surface area contributed by atoms with Gasteiger partial charge in [-0.2, -0.15) is 13.2 Å². The first-order valence-corrected chi connectivity index (χ1v) is 10.5. The molecule has 3 aromatic rings. The van der Waals surface area contributed by atoms with E-state index in [1.54, 1.807) is 24.3 Å². The standard InChI is InChI=1S/C20H20F3N3O3S/c1-13(2)29-16-5-3-4-14(10-16)11-26-12-18(20(21,22)23)25-19(26)15-6-8-17(9-7-15)30(24,27)28/h3-10,12-13H,11H2,1-2H3,(H2,24,27,28). The lowest BCUT2D eigenvalue weighted by Crippen LogP contribution is -2.11. The second-order valence-electron chi connectivity index (χ2n) is 6.96. The van der Waals surface area contributed by atoms with Crippen molar-refractivity contribution in [2.75, 3.05) is 0 Å². The zero-order valence-electron chi connectivity index (χ0n) is 16.2. The summed E-state index contributed by atoms with van der Waals surface area (Å²) in [5.41, 5.74) is 0.0109. The molecular formula is C20H20F3N3O3S. The molecule has 3 rings (SSSR count). The van der Waals surface area contributed by atoms with Gasteiger partial charge in [-0.3, -0.25) is 0 Å². The molecule has 0 spiro atoms. The number of sulfonamides is 1. The highest BCUT2D eigenvalue weighted by molar-refractivity contribution is 7.89. The van der Waals surface area contributed by atoms with Crippen molar-refractivity contribution in [2.45, 2.75) is 37.6 Å². The molecule has 6 nitrogen and oxygen atoms in total. The van der Waals surface area contributed by atoms with Crippen molar-refractivity contribution < 1.29 is 26.3 Å². The Balaban J connectivity index is 2.01. The van der Waals surface area contributed by atoms with Crippen molar-refractivity contribution >= 4 is 10.0 Å². The molecule has 0 saturated heterocycles. The first-order chi connectivity index (χ1) is 13.9. The van der Waals surface area contributed by atoms with E-state index in [9.17, 15) is 21.6 Å². The maximum absolute atomic E-state index is 13.3. The van der Waals surface area contributed by atoms with Crippen LogP contribution in [0.25, 0.3) is 11.4 Å². The minimum atomic E-state index is -4.62. The summed E-state index contributed by atoms with van der Waals surface area (Å²) in [7, 11) is -3.91. The number of halogens is 3. The number of nitrogens with two attached hydrogens (primary N) is 1. The van der Waals surface area contributed by atoms with Crippen molar-refractivity contribution in [1.82, 2.24) is 9.55 Å². The van der Waals surface area contributed by atoms with Crippen LogP contribution in [0.4, 0.5) is 13.2 Å². The molecule has 0 amide bonds. The summed E-state index contributed by atoms with van der Waals surface area (Å²) in [5.74, 6) is 0.663. The van der Waals surface area contributed by atoms with Crippen LogP contribution in [-0.2, 0) is 22.7 Å². The van der Waals surface area contributed by atoms with Gasteiger partial charge in [0.25, 0.3) is 0 Å². The summed E-state index contributed by atoms with van der Waals surface area (Å²) in [5, 5.41) is 5.08.